The fourth-order valence-corrected chi connectivity index (χ4v) is 7.38. The van der Waals surface area contributed by atoms with Crippen LogP contribution >= 0.6 is 20.4 Å². The maximum Gasteiger partial charge on any atom is 0.314 e. The summed E-state index contributed by atoms with van der Waals surface area (Å²) in [6, 6.07) is 2.97. The molecular weight excluding hydrogens is 867 g/mol. The number of fused-ring (bicyclic) bond motifs is 1. The van der Waals surface area contributed by atoms with Gasteiger partial charge in [-0.1, -0.05) is 51.0 Å². The Labute approximate surface area is 336 Å². The van der Waals surface area contributed by atoms with E-state index in [1.807, 2.05) is 0 Å². The molecule has 1 aliphatic heterocycles. The average Bonchev–Trinajstić information content (AvgIpc) is 3.60. The number of benzene rings is 2. The maximum absolute atomic E-state index is 13.1. The van der Waals surface area contributed by atoms with Gasteiger partial charge in [-0.25, -0.2) is 9.67 Å². The lowest BCUT2D eigenvalue weighted by Gasteiger charge is -2.41. The number of pyridine rings is 1. The molecule has 1 unspecified atom stereocenters. The van der Waals surface area contributed by atoms with Gasteiger partial charge in [0.25, 0.3) is 0 Å². The van der Waals surface area contributed by atoms with E-state index in [-0.39, 0.29) is 78.3 Å². The number of halogens is 10. The maximum atomic E-state index is 13.1. The highest BCUT2D eigenvalue weighted by atomic mass is 32.5. The molecule has 5 N–H and O–H groups in total. The van der Waals surface area contributed by atoms with Gasteiger partial charge in [0, 0.05) is 39.0 Å². The van der Waals surface area contributed by atoms with Crippen LogP contribution in [-0.4, -0.2) is 67.9 Å². The smallest absolute Gasteiger partial charge is 0.314 e. The summed E-state index contributed by atoms with van der Waals surface area (Å²) in [5.74, 6) is -4.05. The molecule has 3 heterocycles. The van der Waals surface area contributed by atoms with Crippen LogP contribution in [0.1, 0.15) is 61.6 Å². The minimum Gasteiger partial charge on any atom is -0.383 e. The number of aryl methyl sites for hydroxylation is 2. The van der Waals surface area contributed by atoms with Crippen molar-refractivity contribution in [3.05, 3.63) is 71.0 Å². The van der Waals surface area contributed by atoms with Crippen LogP contribution in [0.15, 0.2) is 58.6 Å². The summed E-state index contributed by atoms with van der Waals surface area (Å²) < 4.78 is 136. The third-order valence-electron chi connectivity index (χ3n) is 9.28. The lowest BCUT2D eigenvalue weighted by molar-refractivity contribution is -0.144. The van der Waals surface area contributed by atoms with Crippen LogP contribution in [0.3, 0.4) is 0 Å². The second-order valence-corrected chi connectivity index (χ2v) is 18.6. The van der Waals surface area contributed by atoms with Crippen molar-refractivity contribution in [1.29, 1.82) is 0 Å². The first-order valence-corrected chi connectivity index (χ1v) is 21.7. The molecule has 60 heavy (non-hydrogen) atoms. The molecule has 1 aliphatic rings. The monoisotopic (exact) mass is 908 g/mol. The minimum atomic E-state index is -9.85. The van der Waals surface area contributed by atoms with Crippen LogP contribution in [0, 0.1) is 13.8 Å². The van der Waals surface area contributed by atoms with Gasteiger partial charge >= 0.3 is 44.1 Å². The predicted molar refractivity (Wildman–Crippen MR) is 206 cm³/mol. The number of primary amides is 1. The molecule has 1 saturated heterocycles. The molecule has 4 aromatic rings. The van der Waals surface area contributed by atoms with Crippen molar-refractivity contribution in [1.82, 2.24) is 24.6 Å². The molecule has 4 amide bonds. The molecule has 334 valence electrons. The van der Waals surface area contributed by atoms with E-state index >= 15 is 0 Å². The molecule has 0 spiro atoms. The quantitative estimate of drug-likeness (QED) is 0.104. The normalized spacial score (nSPS) is 16.9. The second-order valence-electron chi connectivity index (χ2n) is 13.8. The first-order chi connectivity index (χ1) is 27.2. The highest BCUT2D eigenvalue weighted by molar-refractivity contribution is 8.46. The van der Waals surface area contributed by atoms with E-state index in [9.17, 15) is 58.0 Å². The van der Waals surface area contributed by atoms with Crippen LogP contribution in [0.4, 0.5) is 50.4 Å². The number of nitrogens with one attached hydrogen (secondary N) is 1. The predicted octanol–water partition coefficient (Wildman–Crippen LogP) is 9.15. The van der Waals surface area contributed by atoms with Crippen LogP contribution in [-0.2, 0) is 37.0 Å². The molecular formula is C35H42F10N8O5S2. The zero-order valence-corrected chi connectivity index (χ0v) is 34.0. The number of rotatable bonds is 10. The number of aromatic nitrogens is 3. The Bertz CT molecular complexity index is 2340. The van der Waals surface area contributed by atoms with Gasteiger partial charge < -0.3 is 31.3 Å². The number of ether oxygens (including phenoxy) is 1. The fourth-order valence-electron chi connectivity index (χ4n) is 5.93. The van der Waals surface area contributed by atoms with E-state index < -0.39 is 53.9 Å². The highest BCUT2D eigenvalue weighted by Gasteiger charge is 2.66. The van der Waals surface area contributed by atoms with E-state index in [0.717, 1.165) is 41.2 Å². The summed E-state index contributed by atoms with van der Waals surface area (Å²) in [7, 11) is -19.6. The number of carbonyl (C=O) groups excluding carboxylic acids is 4. The third-order valence-corrected chi connectivity index (χ3v) is 11.6. The molecule has 0 radical (unpaired) electrons. The zero-order chi connectivity index (χ0) is 45.4. The number of nitrogens with two attached hydrogens (primary N) is 2. The summed E-state index contributed by atoms with van der Waals surface area (Å²) in [4.78, 5) is 50.2. The van der Waals surface area contributed by atoms with Crippen LogP contribution in [0.5, 0.6) is 0 Å². The number of carbonyl (C=O) groups is 4. The number of anilines is 2. The van der Waals surface area contributed by atoms with Gasteiger partial charge in [0.15, 0.2) is 0 Å². The number of hydrogen-bond acceptors (Lipinski definition) is 8. The summed E-state index contributed by atoms with van der Waals surface area (Å²) in [6.07, 6.45) is 5.27. The SMILES string of the molecule is CCN(Cc1ccc(S(F)(F)(F)(F)F)cc1C)C(=O)C(=O)Nc1cnc(N)c2cn(C3CCCCO3)nc12.CCN(Cc1ccc(S(F)(F)(F)(F)F)cc1C)C(=O)C(N)=O. The van der Waals surface area contributed by atoms with Crippen molar-refractivity contribution in [2.75, 3.05) is 30.7 Å². The van der Waals surface area contributed by atoms with Crippen molar-refractivity contribution < 1.29 is 62.8 Å². The van der Waals surface area contributed by atoms with E-state index in [4.69, 9.17) is 16.2 Å². The fraction of sp³-hybridized carbons (Fsp3) is 0.371. The molecule has 13 nitrogen and oxygen atoms in total. The molecule has 0 aliphatic carbocycles. The Morgan fingerprint density at radius 1 is 0.817 bits per heavy atom. The van der Waals surface area contributed by atoms with Gasteiger partial charge in [0.2, 0.25) is 0 Å². The van der Waals surface area contributed by atoms with E-state index in [1.54, 1.807) is 24.7 Å². The Hall–Kier alpha value is -5.30. The molecule has 1 fully saturated rings. The Morgan fingerprint density at radius 3 is 1.73 bits per heavy atom. The highest BCUT2D eigenvalue weighted by Crippen LogP contribution is 3.02. The molecule has 25 heteroatoms. The van der Waals surface area contributed by atoms with Crippen molar-refractivity contribution in [2.45, 2.75) is 76.1 Å². The van der Waals surface area contributed by atoms with E-state index in [1.165, 1.54) is 20.0 Å². The standard InChI is InChI=1S/C23H27F5N6O3S.C12H15F5N2O2S/c1-3-33(12-15-7-8-16(10-14(15)2)38(24,25,26,27)28)23(36)22(35)31-18-11-30-21(29)17-13-34(32-20(17)18)19-6-4-5-9-37-19;1-3-19(12(21)11(18)20)7-9-4-5-10(6-8(9)2)22(13,14,15,16)17/h7-8,10-11,13,19H,3-6,9,12H2,1-2H3,(H2,29,30)(H,31,35);4-6H,3,7H2,1-2H3,(H2,18,20). The van der Waals surface area contributed by atoms with Crippen molar-refractivity contribution in [3.8, 4) is 0 Å². The Kier molecular flexibility index (Phi) is 12.1. The summed E-state index contributed by atoms with van der Waals surface area (Å²) in [6.45, 7) is 5.78. The van der Waals surface area contributed by atoms with Gasteiger partial charge in [0.1, 0.15) is 27.4 Å². The van der Waals surface area contributed by atoms with Crippen molar-refractivity contribution >= 4 is 66.5 Å². The number of nitrogens with zero attached hydrogens (tertiary/aromatic N) is 5. The van der Waals surface area contributed by atoms with Crippen LogP contribution in [0.25, 0.3) is 10.9 Å². The molecule has 0 saturated carbocycles. The zero-order valence-electron chi connectivity index (χ0n) is 32.4. The molecule has 2 aromatic heterocycles. The van der Waals surface area contributed by atoms with Crippen LogP contribution < -0.4 is 16.8 Å². The van der Waals surface area contributed by atoms with Gasteiger partial charge in [-0.05, 0) is 93.5 Å². The number of likely N-dealkylation sites (N-methyl/N-ethyl adjacent to an activating group) is 2. The van der Waals surface area contributed by atoms with Gasteiger partial charge in [0.05, 0.1) is 17.3 Å². The number of amides is 4. The lowest BCUT2D eigenvalue weighted by Crippen LogP contribution is -2.39. The lowest BCUT2D eigenvalue weighted by atomic mass is 10.1. The first-order valence-electron chi connectivity index (χ1n) is 17.8. The molecule has 2 aromatic carbocycles. The first kappa shape index (κ1) is 47.4. The number of hydrogen-bond donors (Lipinski definition) is 3. The summed E-state index contributed by atoms with van der Waals surface area (Å²) >= 11 is 0. The Morgan fingerprint density at radius 2 is 1.32 bits per heavy atom. The summed E-state index contributed by atoms with van der Waals surface area (Å²) in [5, 5.41) is 7.40. The van der Waals surface area contributed by atoms with Crippen molar-refractivity contribution in [2.24, 2.45) is 5.73 Å². The average molecular weight is 909 g/mol. The third kappa shape index (κ3) is 11.7. The second kappa shape index (κ2) is 15.3. The molecule has 0 bridgehead atoms. The number of nitrogen functional groups attached to an aromatic ring is 1. The van der Waals surface area contributed by atoms with E-state index in [0.29, 0.717) is 29.6 Å². The summed E-state index contributed by atoms with van der Waals surface area (Å²) in [5.41, 5.74) is 11.5. The van der Waals surface area contributed by atoms with Crippen LogP contribution in [0.2, 0.25) is 0 Å². The molecule has 1 atom stereocenters. The van der Waals surface area contributed by atoms with E-state index in [2.05, 4.69) is 15.4 Å². The van der Waals surface area contributed by atoms with Crippen molar-refractivity contribution in [3.63, 3.8) is 0 Å². The van der Waals surface area contributed by atoms with Gasteiger partial charge in [-0.2, -0.15) is 5.10 Å². The molecule has 5 rings (SSSR count). The van der Waals surface area contributed by atoms with Gasteiger partial charge in [-0.15, -0.1) is 0 Å². The van der Waals surface area contributed by atoms with Gasteiger partial charge in [-0.3, -0.25) is 19.2 Å². The minimum absolute atomic E-state index is 0.0258. The largest absolute Gasteiger partial charge is 0.383 e. The Balaban J connectivity index is 0.000000308. The topological polar surface area (TPSA) is 179 Å².